The van der Waals surface area contributed by atoms with E-state index in [9.17, 15) is 13.9 Å². The van der Waals surface area contributed by atoms with Gasteiger partial charge in [-0.3, -0.25) is 0 Å². The van der Waals surface area contributed by atoms with Crippen LogP contribution in [0.3, 0.4) is 0 Å². The fraction of sp³-hybridized carbons (Fsp3) is 0.250. The molecule has 1 aromatic heterocycles. The van der Waals surface area contributed by atoms with Crippen LogP contribution in [0.15, 0.2) is 12.4 Å². The molecule has 0 spiro atoms. The van der Waals surface area contributed by atoms with Crippen molar-refractivity contribution in [3.05, 3.63) is 39.9 Å². The largest absolute Gasteiger partial charge is 0.386 e. The number of aromatic nitrogens is 3. The molecule has 0 atom stereocenters. The minimum absolute atomic E-state index is 0.0263. The van der Waals surface area contributed by atoms with E-state index in [1.54, 1.807) is 0 Å². The van der Waals surface area contributed by atoms with Gasteiger partial charge in [-0.25, -0.2) is 18.7 Å². The smallest absolute Gasteiger partial charge is 0.231 e. The highest BCUT2D eigenvalue weighted by Crippen LogP contribution is 2.36. The third-order valence-corrected chi connectivity index (χ3v) is 3.09. The van der Waals surface area contributed by atoms with Crippen molar-refractivity contribution in [2.75, 3.05) is 5.32 Å². The van der Waals surface area contributed by atoms with Crippen molar-refractivity contribution in [1.29, 1.82) is 0 Å². The lowest BCUT2D eigenvalue weighted by Crippen LogP contribution is -2.20. The molecular formula is C12H10Cl2F2N4O. The number of nitrogens with zero attached hydrogens (tertiary/aromatic N) is 3. The summed E-state index contributed by atoms with van der Waals surface area (Å²) in [7, 11) is 0. The van der Waals surface area contributed by atoms with Gasteiger partial charge >= 0.3 is 0 Å². The van der Waals surface area contributed by atoms with Crippen LogP contribution in [0.25, 0.3) is 0 Å². The minimum Gasteiger partial charge on any atom is -0.386 e. The molecular weight excluding hydrogens is 325 g/mol. The highest BCUT2D eigenvalue weighted by molar-refractivity contribution is 6.31. The van der Waals surface area contributed by atoms with E-state index in [0.717, 1.165) is 12.4 Å². The lowest BCUT2D eigenvalue weighted by molar-refractivity contribution is 0.0753. The first-order valence-electron chi connectivity index (χ1n) is 5.72. The van der Waals surface area contributed by atoms with Crippen LogP contribution in [-0.2, 0) is 5.60 Å². The van der Waals surface area contributed by atoms with E-state index in [1.807, 2.05) is 0 Å². The molecule has 0 unspecified atom stereocenters. The van der Waals surface area contributed by atoms with Crippen LogP contribution in [0.5, 0.6) is 0 Å². The molecule has 2 aromatic rings. The van der Waals surface area contributed by atoms with Gasteiger partial charge in [0.25, 0.3) is 0 Å². The molecule has 9 heteroatoms. The third-order valence-electron chi connectivity index (χ3n) is 2.56. The maximum atomic E-state index is 14.1. The van der Waals surface area contributed by atoms with Crippen LogP contribution in [0, 0.1) is 11.6 Å². The number of hydrogen-bond acceptors (Lipinski definition) is 5. The van der Waals surface area contributed by atoms with Crippen molar-refractivity contribution in [2.45, 2.75) is 19.4 Å². The molecule has 5 nitrogen and oxygen atoms in total. The molecule has 2 rings (SSSR count). The Bertz CT molecular complexity index is 692. The van der Waals surface area contributed by atoms with E-state index in [-0.39, 0.29) is 22.5 Å². The van der Waals surface area contributed by atoms with Crippen LogP contribution in [0.4, 0.5) is 20.4 Å². The summed E-state index contributed by atoms with van der Waals surface area (Å²) in [6.07, 6.45) is 1.13. The number of rotatable bonds is 3. The van der Waals surface area contributed by atoms with Crippen molar-refractivity contribution >= 4 is 34.8 Å². The summed E-state index contributed by atoms with van der Waals surface area (Å²) in [5.41, 5.74) is -1.89. The van der Waals surface area contributed by atoms with Gasteiger partial charge in [-0.05, 0) is 31.5 Å². The van der Waals surface area contributed by atoms with E-state index in [0.29, 0.717) is 0 Å². The molecule has 1 heterocycles. The number of hydrogen-bond donors (Lipinski definition) is 2. The number of aliphatic hydroxyl groups is 1. The summed E-state index contributed by atoms with van der Waals surface area (Å²) in [5.74, 6) is -2.07. The fourth-order valence-corrected chi connectivity index (χ4v) is 2.02. The molecule has 0 radical (unpaired) electrons. The topological polar surface area (TPSA) is 70.9 Å². The summed E-state index contributed by atoms with van der Waals surface area (Å²) < 4.78 is 27.8. The number of halogens is 4. The van der Waals surface area contributed by atoms with Crippen LogP contribution in [0.1, 0.15) is 19.4 Å². The van der Waals surface area contributed by atoms with E-state index < -0.39 is 22.3 Å². The maximum absolute atomic E-state index is 14.1. The summed E-state index contributed by atoms with van der Waals surface area (Å²) in [6, 6.07) is 0.941. The fourth-order valence-electron chi connectivity index (χ4n) is 1.75. The molecule has 2 N–H and O–H groups in total. The molecule has 1 aromatic carbocycles. The lowest BCUT2D eigenvalue weighted by Gasteiger charge is -2.23. The van der Waals surface area contributed by atoms with Gasteiger partial charge in [0.05, 0.1) is 11.3 Å². The van der Waals surface area contributed by atoms with Gasteiger partial charge < -0.3 is 10.4 Å². The molecule has 112 valence electrons. The van der Waals surface area contributed by atoms with Crippen LogP contribution in [0.2, 0.25) is 10.3 Å². The van der Waals surface area contributed by atoms with E-state index in [1.165, 1.54) is 13.8 Å². The Hall–Kier alpha value is -1.57. The second kappa shape index (κ2) is 5.67. The standard InChI is InChI=1S/C12H10Cl2F2N4O/c1-12(2,21)7-6(3-5(15)8(13)9(7)16)19-11-18-4-17-10(14)20-11/h3-4,21H,1-2H3,(H,17,18,19,20). The molecule has 0 aliphatic rings. The minimum atomic E-state index is -1.61. The molecule has 0 fully saturated rings. The van der Waals surface area contributed by atoms with Crippen molar-refractivity contribution in [2.24, 2.45) is 0 Å². The molecule has 0 saturated carbocycles. The third kappa shape index (κ3) is 3.37. The average molecular weight is 335 g/mol. The number of benzene rings is 1. The van der Waals surface area contributed by atoms with Crippen molar-refractivity contribution in [1.82, 2.24) is 15.0 Å². The SMILES string of the molecule is CC(C)(O)c1c(Nc2ncnc(Cl)n2)cc(F)c(Cl)c1F. The molecule has 0 bridgehead atoms. The number of anilines is 2. The summed E-state index contributed by atoms with van der Waals surface area (Å²) >= 11 is 11.1. The Morgan fingerprint density at radius 2 is 1.90 bits per heavy atom. The van der Waals surface area contributed by atoms with Gasteiger partial charge in [0, 0.05) is 5.56 Å². The van der Waals surface area contributed by atoms with E-state index in [4.69, 9.17) is 23.2 Å². The molecule has 0 aliphatic carbocycles. The second-order valence-corrected chi connectivity index (χ2v) is 5.39. The first-order chi connectivity index (χ1) is 9.70. The zero-order valence-electron chi connectivity index (χ0n) is 11.0. The second-order valence-electron chi connectivity index (χ2n) is 4.67. The first-order valence-corrected chi connectivity index (χ1v) is 6.47. The Morgan fingerprint density at radius 3 is 2.48 bits per heavy atom. The molecule has 0 amide bonds. The van der Waals surface area contributed by atoms with Crippen molar-refractivity contribution in [3.63, 3.8) is 0 Å². The van der Waals surface area contributed by atoms with Gasteiger partial charge in [-0.15, -0.1) is 0 Å². The Morgan fingerprint density at radius 1 is 1.24 bits per heavy atom. The number of nitrogens with one attached hydrogen (secondary N) is 1. The van der Waals surface area contributed by atoms with Crippen LogP contribution < -0.4 is 5.32 Å². The van der Waals surface area contributed by atoms with Crippen molar-refractivity contribution in [3.8, 4) is 0 Å². The van der Waals surface area contributed by atoms with Crippen LogP contribution >= 0.6 is 23.2 Å². The van der Waals surface area contributed by atoms with Crippen molar-refractivity contribution < 1.29 is 13.9 Å². The molecule has 0 saturated heterocycles. The lowest BCUT2D eigenvalue weighted by atomic mass is 9.95. The van der Waals surface area contributed by atoms with Gasteiger partial charge in [0.2, 0.25) is 11.2 Å². The van der Waals surface area contributed by atoms with Gasteiger partial charge in [0.15, 0.2) is 5.82 Å². The predicted octanol–water partition coefficient (Wildman–Crippen LogP) is 3.43. The monoisotopic (exact) mass is 334 g/mol. The van der Waals surface area contributed by atoms with Gasteiger partial charge in [-0.2, -0.15) is 4.98 Å². The van der Waals surface area contributed by atoms with Gasteiger partial charge in [0.1, 0.15) is 17.2 Å². The van der Waals surface area contributed by atoms with E-state index >= 15 is 0 Å². The molecule has 21 heavy (non-hydrogen) atoms. The van der Waals surface area contributed by atoms with E-state index in [2.05, 4.69) is 20.3 Å². The maximum Gasteiger partial charge on any atom is 0.231 e. The zero-order valence-corrected chi connectivity index (χ0v) is 12.5. The quantitative estimate of drug-likeness (QED) is 0.841. The summed E-state index contributed by atoms with van der Waals surface area (Å²) in [6.45, 7) is 2.68. The highest BCUT2D eigenvalue weighted by Gasteiger charge is 2.28. The normalized spacial score (nSPS) is 11.6. The Kier molecular flexibility index (Phi) is 4.27. The van der Waals surface area contributed by atoms with Crippen LogP contribution in [-0.4, -0.2) is 20.1 Å². The predicted molar refractivity (Wildman–Crippen MR) is 74.7 cm³/mol. The Labute approximate surface area is 129 Å². The summed E-state index contributed by atoms with van der Waals surface area (Å²) in [4.78, 5) is 11.1. The Balaban J connectivity index is 2.57. The van der Waals surface area contributed by atoms with Gasteiger partial charge in [-0.1, -0.05) is 11.6 Å². The zero-order chi connectivity index (χ0) is 15.8. The average Bonchev–Trinajstić information content (AvgIpc) is 2.34. The summed E-state index contributed by atoms with van der Waals surface area (Å²) in [5, 5.41) is 11.8. The highest BCUT2D eigenvalue weighted by atomic mass is 35.5. The molecule has 0 aliphatic heterocycles. The first kappa shape index (κ1) is 15.8.